The first-order valence-electron chi connectivity index (χ1n) is 0.924. The lowest BCUT2D eigenvalue weighted by atomic mass is 12.0. The Labute approximate surface area is 36.0 Å². The summed E-state index contributed by atoms with van der Waals surface area (Å²) in [6.45, 7) is 0. The lowest BCUT2D eigenvalue weighted by Crippen LogP contribution is -1.45. The largest absolute Gasteiger partial charge is 0.223 e. The van der Waals surface area contributed by atoms with Crippen LogP contribution in [0.5, 0.6) is 0 Å². The summed E-state index contributed by atoms with van der Waals surface area (Å²) in [7, 11) is -0.748. The van der Waals surface area contributed by atoms with Crippen molar-refractivity contribution in [3.8, 4) is 0 Å². The summed E-state index contributed by atoms with van der Waals surface area (Å²) in [4.78, 5) is 0. The molecule has 0 spiro atoms. The highest BCUT2D eigenvalue weighted by Gasteiger charge is 1.64. The Bertz CT molecular complexity index is 111. The van der Waals surface area contributed by atoms with Crippen molar-refractivity contribution in [3.63, 3.8) is 0 Å². The normalized spacial score (nSPS) is 7.20. The van der Waals surface area contributed by atoms with Crippen molar-refractivity contribution in [3.05, 3.63) is 0 Å². The van der Waals surface area contributed by atoms with Crippen LogP contribution in [0, 0.1) is 4.61 Å². The topological polar surface area (TPSA) is 40.9 Å². The molecule has 0 saturated carbocycles. The van der Waals surface area contributed by atoms with E-state index in [-0.39, 0.29) is 0 Å². The van der Waals surface area contributed by atoms with E-state index in [4.69, 9.17) is 4.61 Å². The molecule has 0 aromatic heterocycles. The Morgan fingerprint density at radius 2 is 2.20 bits per heavy atom. The predicted octanol–water partition coefficient (Wildman–Crippen LogP) is 0.492. The van der Waals surface area contributed by atoms with Gasteiger partial charge in [0.25, 0.3) is 0 Å². The fourth-order valence-electron chi connectivity index (χ4n) is 0. The molecule has 0 aliphatic heterocycles. The van der Waals surface area contributed by atoms with Gasteiger partial charge >= 0.3 is 0 Å². The Kier molecular flexibility index (Phi) is 2.36. The monoisotopic (exact) mass is 109 g/mol. The molecule has 0 N–H and O–H groups in total. The molecule has 0 aliphatic carbocycles. The molecular formula is CH3NOS2. The van der Waals surface area contributed by atoms with Crippen molar-refractivity contribution >= 4 is 20.3 Å². The van der Waals surface area contributed by atoms with Crippen LogP contribution in [-0.2, 0) is 9.46 Å². The quantitative estimate of drug-likeness (QED) is 0.425. The molecule has 0 radical (unpaired) electrons. The van der Waals surface area contributed by atoms with E-state index in [9.17, 15) is 4.21 Å². The van der Waals surface area contributed by atoms with Gasteiger partial charge in [-0.05, 0) is 10.8 Å². The summed E-state index contributed by atoms with van der Waals surface area (Å²) < 4.78 is 17.2. The van der Waals surface area contributed by atoms with Crippen LogP contribution in [0.15, 0.2) is 0 Å². The van der Waals surface area contributed by atoms with E-state index < -0.39 is 9.46 Å². The van der Waals surface area contributed by atoms with E-state index in [1.807, 2.05) is 0 Å². The van der Waals surface area contributed by atoms with E-state index in [0.717, 1.165) is 10.8 Å². The van der Waals surface area contributed by atoms with Gasteiger partial charge < -0.3 is 0 Å². The second-order valence-electron chi connectivity index (χ2n) is 0.384. The minimum absolute atomic E-state index is 0.907. The van der Waals surface area contributed by atoms with E-state index in [1.54, 1.807) is 6.26 Å². The fraction of sp³-hybridized carbons (Fsp3) is 1.00. The SMILES string of the molecule is CSS(#N)=O. The summed E-state index contributed by atoms with van der Waals surface area (Å²) in [5.41, 5.74) is 0. The molecule has 2 nitrogen and oxygen atoms in total. The van der Waals surface area contributed by atoms with Crippen molar-refractivity contribution in [1.82, 2.24) is 0 Å². The number of hydrogen-bond acceptors (Lipinski definition) is 3. The van der Waals surface area contributed by atoms with Crippen molar-refractivity contribution in [2.45, 2.75) is 0 Å². The molecule has 30 valence electrons. The number of rotatable bonds is 0. The molecule has 0 aliphatic rings. The molecule has 0 atom stereocenters. The third-order valence-electron chi connectivity index (χ3n) is 0.143. The van der Waals surface area contributed by atoms with Gasteiger partial charge in [0.15, 0.2) is 0 Å². The molecule has 0 fully saturated rings. The van der Waals surface area contributed by atoms with Crippen LogP contribution in [-0.4, -0.2) is 10.5 Å². The second-order valence-corrected chi connectivity index (χ2v) is 3.01. The van der Waals surface area contributed by atoms with Gasteiger partial charge in [-0.1, -0.05) is 0 Å². The molecule has 0 aromatic rings. The molecule has 4 heteroatoms. The van der Waals surface area contributed by atoms with Gasteiger partial charge in [-0.15, -0.1) is 4.61 Å². The first-order chi connectivity index (χ1) is 2.27. The zero-order valence-corrected chi connectivity index (χ0v) is 4.30. The molecular weight excluding hydrogens is 106 g/mol. The Morgan fingerprint density at radius 1 is 2.00 bits per heavy atom. The maximum absolute atomic E-state index is 9.44. The van der Waals surface area contributed by atoms with Crippen LogP contribution in [0.4, 0.5) is 0 Å². The van der Waals surface area contributed by atoms with E-state index in [2.05, 4.69) is 0 Å². The highest BCUT2D eigenvalue weighted by molar-refractivity contribution is 8.63. The van der Waals surface area contributed by atoms with Gasteiger partial charge in [-0.3, -0.25) is 0 Å². The van der Waals surface area contributed by atoms with Crippen molar-refractivity contribution < 1.29 is 4.21 Å². The minimum Gasteiger partial charge on any atom is -0.183 e. The molecule has 0 bridgehead atoms. The van der Waals surface area contributed by atoms with Crippen LogP contribution in [0.1, 0.15) is 0 Å². The first kappa shape index (κ1) is 5.08. The van der Waals surface area contributed by atoms with E-state index in [1.165, 1.54) is 0 Å². The van der Waals surface area contributed by atoms with Crippen LogP contribution in [0.2, 0.25) is 0 Å². The fourth-order valence-corrected chi connectivity index (χ4v) is 0. The van der Waals surface area contributed by atoms with Crippen LogP contribution in [0.25, 0.3) is 0 Å². The predicted molar refractivity (Wildman–Crippen MR) is 23.4 cm³/mol. The zero-order valence-electron chi connectivity index (χ0n) is 2.67. The van der Waals surface area contributed by atoms with Crippen LogP contribution < -0.4 is 0 Å². The smallest absolute Gasteiger partial charge is 0.183 e. The Balaban J connectivity index is 3.39. The van der Waals surface area contributed by atoms with Gasteiger partial charge in [0.05, 0.1) is 0 Å². The second kappa shape index (κ2) is 2.33. The van der Waals surface area contributed by atoms with Crippen molar-refractivity contribution in [2.75, 3.05) is 6.26 Å². The average molecular weight is 109 g/mol. The van der Waals surface area contributed by atoms with Gasteiger partial charge in [0.1, 0.15) is 0 Å². The van der Waals surface area contributed by atoms with E-state index >= 15 is 0 Å². The summed E-state index contributed by atoms with van der Waals surface area (Å²) in [6, 6.07) is 0. The Hall–Kier alpha value is 0.0800. The molecule has 0 saturated heterocycles. The molecule has 0 aromatic carbocycles. The summed E-state index contributed by atoms with van der Waals surface area (Å²) in [5.74, 6) is 0. The van der Waals surface area contributed by atoms with Gasteiger partial charge in [0.2, 0.25) is 9.46 Å². The van der Waals surface area contributed by atoms with Crippen LogP contribution >= 0.6 is 10.8 Å². The molecule has 0 amide bonds. The molecule has 5 heavy (non-hydrogen) atoms. The van der Waals surface area contributed by atoms with Crippen molar-refractivity contribution in [2.24, 2.45) is 0 Å². The number of nitrogens with zero attached hydrogens (tertiary/aromatic N) is 1. The maximum Gasteiger partial charge on any atom is 0.223 e. The maximum atomic E-state index is 9.44. The Morgan fingerprint density at radius 3 is 2.20 bits per heavy atom. The molecule has 0 unspecified atom stereocenters. The number of hydrogen-bond donors (Lipinski definition) is 0. The lowest BCUT2D eigenvalue weighted by Gasteiger charge is -1.53. The summed E-state index contributed by atoms with van der Waals surface area (Å²) >= 11 is 0. The molecule has 0 heterocycles. The van der Waals surface area contributed by atoms with Gasteiger partial charge in [-0.25, -0.2) is 0 Å². The first-order valence-corrected chi connectivity index (χ1v) is 3.77. The molecule has 0 rings (SSSR count). The highest BCUT2D eigenvalue weighted by atomic mass is 33.1. The average Bonchev–Trinajstić information content (AvgIpc) is 1.38. The third-order valence-corrected chi connectivity index (χ3v) is 1.28. The van der Waals surface area contributed by atoms with E-state index in [0.29, 0.717) is 0 Å². The highest BCUT2D eigenvalue weighted by Crippen LogP contribution is 1.84. The van der Waals surface area contributed by atoms with Crippen LogP contribution in [0.3, 0.4) is 0 Å². The van der Waals surface area contributed by atoms with Crippen molar-refractivity contribution in [1.29, 1.82) is 4.61 Å². The zero-order chi connectivity index (χ0) is 4.28. The third kappa shape index (κ3) is 4.08. The minimum atomic E-state index is -1.66. The van der Waals surface area contributed by atoms with Gasteiger partial charge in [0, 0.05) is 6.26 Å². The van der Waals surface area contributed by atoms with Gasteiger partial charge in [-0.2, -0.15) is 4.21 Å². The lowest BCUT2D eigenvalue weighted by molar-refractivity contribution is 0.697. The standard InChI is InChI=1S/CH3NOS2/c1-4-5(2)3/h1H3. The summed E-state index contributed by atoms with van der Waals surface area (Å²) in [6.07, 6.45) is 1.57. The summed E-state index contributed by atoms with van der Waals surface area (Å²) in [5, 5.41) is 0.